The Kier molecular flexibility index (Phi) is 4.99. The van der Waals surface area contributed by atoms with Gasteiger partial charge in [0.2, 0.25) is 5.91 Å². The minimum Gasteiger partial charge on any atom is -0.347 e. The fourth-order valence-corrected chi connectivity index (χ4v) is 3.31. The lowest BCUT2D eigenvalue weighted by molar-refractivity contribution is -0.132. The molecule has 2 aromatic heterocycles. The van der Waals surface area contributed by atoms with Gasteiger partial charge in [-0.05, 0) is 37.9 Å². The number of piperidine rings is 1. The van der Waals surface area contributed by atoms with Gasteiger partial charge in [-0.1, -0.05) is 13.8 Å². The van der Waals surface area contributed by atoms with Gasteiger partial charge in [-0.15, -0.1) is 0 Å². The molecule has 0 spiro atoms. The minimum absolute atomic E-state index is 0.0202. The van der Waals surface area contributed by atoms with Crippen LogP contribution in [0.3, 0.4) is 0 Å². The maximum absolute atomic E-state index is 13.0. The molecule has 7 heteroatoms. The summed E-state index contributed by atoms with van der Waals surface area (Å²) in [4.78, 5) is 17.4. The van der Waals surface area contributed by atoms with Crippen molar-refractivity contribution in [3.05, 3.63) is 36.7 Å². The van der Waals surface area contributed by atoms with Crippen molar-refractivity contribution in [3.8, 4) is 0 Å². The summed E-state index contributed by atoms with van der Waals surface area (Å²) in [5, 5.41) is 10.7. The molecule has 3 rings (SSSR count). The number of hydrogen-bond donors (Lipinski definition) is 2. The maximum Gasteiger partial charge on any atom is 0.248 e. The summed E-state index contributed by atoms with van der Waals surface area (Å²) in [5.74, 6) is 1.45. The predicted octanol–water partition coefficient (Wildman–Crippen LogP) is 1.13. The standard InChI is InChI=1S/C17H26N6O/c1-14(2)13-22-11-9-19-15(22)12-20-16(24)17(4-7-18-8-5-17)23-10-3-6-21-23/h3,6,9-11,14,18H,4-5,7-8,12-13H2,1-2H3,(H,20,24). The van der Waals surface area contributed by atoms with Crippen molar-refractivity contribution < 1.29 is 4.79 Å². The Labute approximate surface area is 142 Å². The van der Waals surface area contributed by atoms with Crippen LogP contribution in [0.1, 0.15) is 32.5 Å². The molecule has 1 aliphatic rings. The van der Waals surface area contributed by atoms with E-state index in [0.29, 0.717) is 12.5 Å². The van der Waals surface area contributed by atoms with Crippen molar-refractivity contribution in [1.29, 1.82) is 0 Å². The third kappa shape index (κ3) is 3.36. The number of carbonyl (C=O) groups excluding carboxylic acids is 1. The van der Waals surface area contributed by atoms with E-state index in [1.54, 1.807) is 12.4 Å². The topological polar surface area (TPSA) is 76.8 Å². The second-order valence-electron chi connectivity index (χ2n) is 6.80. The van der Waals surface area contributed by atoms with Crippen LogP contribution in [-0.4, -0.2) is 38.3 Å². The number of carbonyl (C=O) groups is 1. The third-order valence-corrected chi connectivity index (χ3v) is 4.57. The van der Waals surface area contributed by atoms with Gasteiger partial charge >= 0.3 is 0 Å². The van der Waals surface area contributed by atoms with Crippen molar-refractivity contribution in [2.75, 3.05) is 13.1 Å². The van der Waals surface area contributed by atoms with E-state index in [1.807, 2.05) is 23.1 Å². The molecule has 0 aromatic carbocycles. The molecule has 0 radical (unpaired) electrons. The van der Waals surface area contributed by atoms with Gasteiger partial charge in [0.1, 0.15) is 11.4 Å². The van der Waals surface area contributed by atoms with Crippen LogP contribution in [-0.2, 0) is 23.4 Å². The molecule has 0 unspecified atom stereocenters. The zero-order valence-corrected chi connectivity index (χ0v) is 14.4. The van der Waals surface area contributed by atoms with Crippen LogP contribution < -0.4 is 10.6 Å². The van der Waals surface area contributed by atoms with E-state index in [2.05, 4.69) is 39.1 Å². The molecule has 1 amide bonds. The zero-order valence-electron chi connectivity index (χ0n) is 14.4. The highest BCUT2D eigenvalue weighted by atomic mass is 16.2. The lowest BCUT2D eigenvalue weighted by atomic mass is 9.87. The summed E-state index contributed by atoms with van der Waals surface area (Å²) in [6.45, 7) is 7.31. The monoisotopic (exact) mass is 330 g/mol. The molecule has 24 heavy (non-hydrogen) atoms. The van der Waals surface area contributed by atoms with Gasteiger partial charge in [-0.2, -0.15) is 5.10 Å². The molecule has 2 N–H and O–H groups in total. The van der Waals surface area contributed by atoms with Crippen LogP contribution in [0.5, 0.6) is 0 Å². The molecule has 1 aliphatic heterocycles. The van der Waals surface area contributed by atoms with E-state index >= 15 is 0 Å². The number of aromatic nitrogens is 4. The molecular weight excluding hydrogens is 304 g/mol. The van der Waals surface area contributed by atoms with Gasteiger partial charge in [0, 0.05) is 31.3 Å². The Morgan fingerprint density at radius 3 is 2.79 bits per heavy atom. The van der Waals surface area contributed by atoms with E-state index in [1.165, 1.54) is 0 Å². The van der Waals surface area contributed by atoms with E-state index in [4.69, 9.17) is 0 Å². The summed E-state index contributed by atoms with van der Waals surface area (Å²) in [5.41, 5.74) is -0.607. The van der Waals surface area contributed by atoms with Gasteiger partial charge < -0.3 is 15.2 Å². The average molecular weight is 330 g/mol. The van der Waals surface area contributed by atoms with Gasteiger partial charge in [0.15, 0.2) is 0 Å². The lowest BCUT2D eigenvalue weighted by Crippen LogP contribution is -2.54. The largest absolute Gasteiger partial charge is 0.347 e. The molecule has 3 heterocycles. The highest BCUT2D eigenvalue weighted by Crippen LogP contribution is 2.27. The van der Waals surface area contributed by atoms with Gasteiger partial charge in [-0.25, -0.2) is 4.98 Å². The second-order valence-corrected chi connectivity index (χ2v) is 6.80. The molecule has 2 aromatic rings. The summed E-state index contributed by atoms with van der Waals surface area (Å²) in [6.07, 6.45) is 8.84. The van der Waals surface area contributed by atoms with Crippen molar-refractivity contribution in [3.63, 3.8) is 0 Å². The van der Waals surface area contributed by atoms with Crippen LogP contribution in [0, 0.1) is 5.92 Å². The second kappa shape index (κ2) is 7.17. The van der Waals surface area contributed by atoms with Crippen LogP contribution >= 0.6 is 0 Å². The van der Waals surface area contributed by atoms with Gasteiger partial charge in [0.05, 0.1) is 6.54 Å². The number of imidazole rings is 1. The number of rotatable bonds is 6. The van der Waals surface area contributed by atoms with Crippen molar-refractivity contribution in [1.82, 2.24) is 30.0 Å². The SMILES string of the molecule is CC(C)Cn1ccnc1CNC(=O)C1(n2cccn2)CCNCC1. The number of nitrogens with zero attached hydrogens (tertiary/aromatic N) is 4. The van der Waals surface area contributed by atoms with Crippen LogP contribution in [0.25, 0.3) is 0 Å². The highest BCUT2D eigenvalue weighted by molar-refractivity contribution is 5.84. The van der Waals surface area contributed by atoms with Crippen LogP contribution in [0.15, 0.2) is 30.9 Å². The summed E-state index contributed by atoms with van der Waals surface area (Å²) in [6, 6.07) is 1.87. The minimum atomic E-state index is -0.607. The lowest BCUT2D eigenvalue weighted by Gasteiger charge is -2.36. The summed E-state index contributed by atoms with van der Waals surface area (Å²) in [7, 11) is 0. The molecule has 0 bridgehead atoms. The van der Waals surface area contributed by atoms with Crippen molar-refractivity contribution in [2.45, 2.75) is 45.3 Å². The first-order valence-corrected chi connectivity index (χ1v) is 8.61. The highest BCUT2D eigenvalue weighted by Gasteiger charge is 2.41. The normalized spacial score (nSPS) is 17.1. The summed E-state index contributed by atoms with van der Waals surface area (Å²) < 4.78 is 3.91. The first kappa shape index (κ1) is 16.7. The van der Waals surface area contributed by atoms with Gasteiger partial charge in [-0.3, -0.25) is 9.48 Å². The first-order valence-electron chi connectivity index (χ1n) is 8.61. The fourth-order valence-electron chi connectivity index (χ4n) is 3.31. The quantitative estimate of drug-likeness (QED) is 0.832. The van der Waals surface area contributed by atoms with Crippen molar-refractivity contribution in [2.24, 2.45) is 5.92 Å². The smallest absolute Gasteiger partial charge is 0.248 e. The third-order valence-electron chi connectivity index (χ3n) is 4.57. The predicted molar refractivity (Wildman–Crippen MR) is 91.2 cm³/mol. The Bertz CT molecular complexity index is 654. The Balaban J connectivity index is 1.72. The molecular formula is C17H26N6O. The molecule has 130 valence electrons. The Hall–Kier alpha value is -2.15. The Morgan fingerprint density at radius 1 is 1.33 bits per heavy atom. The van der Waals surface area contributed by atoms with Crippen LogP contribution in [0.4, 0.5) is 0 Å². The van der Waals surface area contributed by atoms with Crippen LogP contribution in [0.2, 0.25) is 0 Å². The first-order chi connectivity index (χ1) is 11.6. The van der Waals surface area contributed by atoms with E-state index in [0.717, 1.165) is 38.3 Å². The Morgan fingerprint density at radius 2 is 2.12 bits per heavy atom. The van der Waals surface area contributed by atoms with Crippen molar-refractivity contribution >= 4 is 5.91 Å². The zero-order chi connectivity index (χ0) is 17.0. The number of nitrogens with one attached hydrogen (secondary N) is 2. The molecule has 7 nitrogen and oxygen atoms in total. The average Bonchev–Trinajstić information content (AvgIpc) is 3.25. The molecule has 0 saturated carbocycles. The number of hydrogen-bond acceptors (Lipinski definition) is 4. The number of amides is 1. The molecule has 1 saturated heterocycles. The maximum atomic E-state index is 13.0. The molecule has 0 aliphatic carbocycles. The summed E-state index contributed by atoms with van der Waals surface area (Å²) >= 11 is 0. The van der Waals surface area contributed by atoms with Gasteiger partial charge in [0.25, 0.3) is 0 Å². The fraction of sp³-hybridized carbons (Fsp3) is 0.588. The van der Waals surface area contributed by atoms with E-state index in [9.17, 15) is 4.79 Å². The van der Waals surface area contributed by atoms with E-state index in [-0.39, 0.29) is 5.91 Å². The van der Waals surface area contributed by atoms with E-state index < -0.39 is 5.54 Å². The molecule has 0 atom stereocenters. The molecule has 1 fully saturated rings.